The molecule has 2 heterocycles. The van der Waals surface area contributed by atoms with Gasteiger partial charge in [0.2, 0.25) is 0 Å². The molecule has 3 unspecified atom stereocenters. The third-order valence-electron chi connectivity index (χ3n) is 9.47. The molecule has 3 heteroatoms. The normalized spacial score (nSPS) is 28.5. The molecule has 36 heavy (non-hydrogen) atoms. The number of esters is 1. The van der Waals surface area contributed by atoms with Gasteiger partial charge in [0.1, 0.15) is 0 Å². The second-order valence-electron chi connectivity index (χ2n) is 11.0. The van der Waals surface area contributed by atoms with Gasteiger partial charge in [-0.3, -0.25) is 9.69 Å². The molecule has 186 valence electrons. The summed E-state index contributed by atoms with van der Waals surface area (Å²) in [6, 6.07) is 31.0. The van der Waals surface area contributed by atoms with Crippen LogP contribution in [0.4, 0.5) is 0 Å². The molecule has 0 radical (unpaired) electrons. The van der Waals surface area contributed by atoms with Gasteiger partial charge >= 0.3 is 5.97 Å². The van der Waals surface area contributed by atoms with Crippen molar-refractivity contribution in [2.24, 2.45) is 11.8 Å². The average Bonchev–Trinajstić information content (AvgIpc) is 2.93. The van der Waals surface area contributed by atoms with E-state index in [1.807, 2.05) is 18.2 Å². The Labute approximate surface area is 215 Å². The summed E-state index contributed by atoms with van der Waals surface area (Å²) in [5, 5.41) is 0. The molecule has 0 amide bonds. The predicted molar refractivity (Wildman–Crippen MR) is 144 cm³/mol. The smallest absolute Gasteiger partial charge is 0.310 e. The lowest BCUT2D eigenvalue weighted by atomic mass is 9.48. The quantitative estimate of drug-likeness (QED) is 0.371. The van der Waals surface area contributed by atoms with Crippen molar-refractivity contribution in [1.82, 2.24) is 4.90 Å². The topological polar surface area (TPSA) is 29.5 Å². The van der Waals surface area contributed by atoms with Gasteiger partial charge in [-0.2, -0.15) is 0 Å². The van der Waals surface area contributed by atoms with E-state index in [1.54, 1.807) is 5.56 Å². The molecule has 4 bridgehead atoms. The van der Waals surface area contributed by atoms with Crippen LogP contribution < -0.4 is 0 Å². The number of fused-ring (bicyclic) bond motifs is 2. The summed E-state index contributed by atoms with van der Waals surface area (Å²) in [5.74, 6) is 0.496. The van der Waals surface area contributed by atoms with Crippen LogP contribution in [-0.4, -0.2) is 36.1 Å². The van der Waals surface area contributed by atoms with Crippen molar-refractivity contribution in [3.63, 3.8) is 0 Å². The number of nitrogens with zero attached hydrogens (tertiary/aromatic N) is 1. The lowest BCUT2D eigenvalue weighted by Gasteiger charge is -2.65. The van der Waals surface area contributed by atoms with E-state index < -0.39 is 0 Å². The van der Waals surface area contributed by atoms with E-state index in [1.165, 1.54) is 16.7 Å². The first kappa shape index (κ1) is 23.5. The molecule has 1 saturated carbocycles. The maximum atomic E-state index is 13.5. The number of ether oxygens (including phenoxy) is 1. The molecule has 4 aliphatic rings. The molecular weight excluding hydrogens is 442 g/mol. The van der Waals surface area contributed by atoms with Crippen molar-refractivity contribution in [3.8, 4) is 0 Å². The number of hydrogen-bond acceptors (Lipinski definition) is 3. The molecule has 7 rings (SSSR count). The van der Waals surface area contributed by atoms with Gasteiger partial charge in [-0.15, -0.1) is 0 Å². The van der Waals surface area contributed by atoms with Gasteiger partial charge in [-0.25, -0.2) is 0 Å². The summed E-state index contributed by atoms with van der Waals surface area (Å²) in [6.07, 6.45) is 6.07. The number of carbonyl (C=O) groups excluding carboxylic acids is 1. The summed E-state index contributed by atoms with van der Waals surface area (Å²) in [6.45, 7) is 3.83. The first-order valence-electron chi connectivity index (χ1n) is 13.8. The molecule has 2 saturated heterocycles. The Morgan fingerprint density at radius 2 is 1.56 bits per heavy atom. The van der Waals surface area contributed by atoms with Crippen LogP contribution in [-0.2, 0) is 34.2 Å². The van der Waals surface area contributed by atoms with Crippen LogP contribution in [0.3, 0.4) is 0 Å². The van der Waals surface area contributed by atoms with Crippen LogP contribution in [0.1, 0.15) is 48.4 Å². The predicted octanol–water partition coefficient (Wildman–Crippen LogP) is 6.00. The molecule has 3 fully saturated rings. The first-order valence-corrected chi connectivity index (χ1v) is 13.8. The number of rotatable bonds is 8. The van der Waals surface area contributed by atoms with Crippen molar-refractivity contribution in [1.29, 1.82) is 0 Å². The zero-order valence-electron chi connectivity index (χ0n) is 21.3. The summed E-state index contributed by atoms with van der Waals surface area (Å²) < 4.78 is 5.94. The van der Waals surface area contributed by atoms with Gasteiger partial charge in [0.15, 0.2) is 0 Å². The van der Waals surface area contributed by atoms with Crippen LogP contribution >= 0.6 is 0 Å². The summed E-state index contributed by atoms with van der Waals surface area (Å²) in [5.41, 5.74) is 5.86. The maximum absolute atomic E-state index is 13.5. The minimum Gasteiger partial charge on any atom is -0.465 e. The highest BCUT2D eigenvalue weighted by atomic mass is 16.5. The Bertz CT molecular complexity index is 1190. The number of carbonyl (C=O) groups is 1. The Hall–Kier alpha value is -2.91. The zero-order valence-corrected chi connectivity index (χ0v) is 21.3. The van der Waals surface area contributed by atoms with Gasteiger partial charge in [0.05, 0.1) is 12.5 Å². The third-order valence-corrected chi connectivity index (χ3v) is 9.47. The third kappa shape index (κ3) is 4.08. The second-order valence-corrected chi connectivity index (χ2v) is 11.0. The van der Waals surface area contributed by atoms with Crippen LogP contribution in [0.5, 0.6) is 0 Å². The first-order chi connectivity index (χ1) is 17.7. The van der Waals surface area contributed by atoms with E-state index in [0.29, 0.717) is 18.6 Å². The summed E-state index contributed by atoms with van der Waals surface area (Å²) in [7, 11) is 0. The van der Waals surface area contributed by atoms with Crippen LogP contribution in [0.2, 0.25) is 0 Å². The minimum absolute atomic E-state index is 0.0163. The molecule has 3 aromatic rings. The van der Waals surface area contributed by atoms with E-state index >= 15 is 0 Å². The SMILES string of the molecule is CC[C@]12CC3[C@@H](C(=O)OCCc4ccccc4)CC1C(Cc1ccccc12)N3CCc1ccccc1. The maximum Gasteiger partial charge on any atom is 0.310 e. The van der Waals surface area contributed by atoms with E-state index in [-0.39, 0.29) is 23.3 Å². The van der Waals surface area contributed by atoms with E-state index in [2.05, 4.69) is 78.6 Å². The van der Waals surface area contributed by atoms with Gasteiger partial charge in [-0.05, 0) is 60.3 Å². The largest absolute Gasteiger partial charge is 0.465 e. The fraction of sp³-hybridized carbons (Fsp3) is 0.424. The highest BCUT2D eigenvalue weighted by molar-refractivity contribution is 5.74. The minimum atomic E-state index is -0.0252. The highest BCUT2D eigenvalue weighted by Gasteiger charge is 2.62. The van der Waals surface area contributed by atoms with Crippen LogP contribution in [0, 0.1) is 11.8 Å². The number of hydrogen-bond donors (Lipinski definition) is 0. The van der Waals surface area contributed by atoms with Crippen molar-refractivity contribution in [3.05, 3.63) is 107 Å². The second kappa shape index (κ2) is 9.86. The van der Waals surface area contributed by atoms with Crippen LogP contribution in [0.25, 0.3) is 0 Å². The van der Waals surface area contributed by atoms with Crippen molar-refractivity contribution < 1.29 is 9.53 Å². The van der Waals surface area contributed by atoms with Crippen molar-refractivity contribution >= 4 is 5.97 Å². The lowest BCUT2D eigenvalue weighted by Crippen LogP contribution is -2.70. The molecular formula is C33H37NO2. The van der Waals surface area contributed by atoms with Gasteiger partial charge < -0.3 is 4.74 Å². The highest BCUT2D eigenvalue weighted by Crippen LogP contribution is 2.59. The fourth-order valence-electron chi connectivity index (χ4n) is 7.76. The Balaban J connectivity index is 1.25. The van der Waals surface area contributed by atoms with Gasteiger partial charge in [0, 0.05) is 30.5 Å². The van der Waals surface area contributed by atoms with Crippen LogP contribution in [0.15, 0.2) is 84.9 Å². The molecule has 2 aliphatic heterocycles. The van der Waals surface area contributed by atoms with Crippen molar-refractivity contribution in [2.75, 3.05) is 13.2 Å². The van der Waals surface area contributed by atoms with Gasteiger partial charge in [-0.1, -0.05) is 91.9 Å². The summed E-state index contributed by atoms with van der Waals surface area (Å²) >= 11 is 0. The lowest BCUT2D eigenvalue weighted by molar-refractivity contribution is -0.167. The molecule has 2 aliphatic carbocycles. The number of benzene rings is 3. The number of piperidine rings is 2. The Kier molecular flexibility index (Phi) is 6.43. The molecule has 3 nitrogen and oxygen atoms in total. The van der Waals surface area contributed by atoms with E-state index in [9.17, 15) is 4.79 Å². The average molecular weight is 480 g/mol. The molecule has 0 aromatic heterocycles. The molecule has 5 atom stereocenters. The fourth-order valence-corrected chi connectivity index (χ4v) is 7.76. The van der Waals surface area contributed by atoms with Gasteiger partial charge in [0.25, 0.3) is 0 Å². The monoisotopic (exact) mass is 479 g/mol. The van der Waals surface area contributed by atoms with Crippen molar-refractivity contribution in [2.45, 2.75) is 62.9 Å². The molecule has 0 N–H and O–H groups in total. The zero-order chi connectivity index (χ0) is 24.5. The Morgan fingerprint density at radius 3 is 2.28 bits per heavy atom. The standard InChI is InChI=1S/C33H37NO2/c1-2-33-23-31-27(32(35)36-20-18-25-13-7-4-8-14-25)22-29(33)30(21-26-15-9-10-16-28(26)33)34(31)19-17-24-11-5-3-6-12-24/h3-16,27,29-31H,2,17-23H2,1H3/t27-,29?,30?,31?,33+/m0/s1. The summed E-state index contributed by atoms with van der Waals surface area (Å²) in [4.78, 5) is 16.2. The van der Waals surface area contributed by atoms with E-state index in [0.717, 1.165) is 45.1 Å². The molecule has 3 aromatic carbocycles. The molecule has 0 spiro atoms. The van der Waals surface area contributed by atoms with E-state index in [4.69, 9.17) is 4.74 Å². The Morgan fingerprint density at radius 1 is 0.889 bits per heavy atom.